The van der Waals surface area contributed by atoms with Gasteiger partial charge in [-0.15, -0.1) is 0 Å². The maximum atomic E-state index is 14.0. The van der Waals surface area contributed by atoms with Crippen LogP contribution in [0.4, 0.5) is 4.39 Å². The van der Waals surface area contributed by atoms with Gasteiger partial charge in [-0.3, -0.25) is 4.79 Å². The van der Waals surface area contributed by atoms with E-state index in [2.05, 4.69) is 11.9 Å². The molecule has 0 radical (unpaired) electrons. The molecular weight excluding hydrogens is 523 g/mol. The number of benzene rings is 1. The zero-order chi connectivity index (χ0) is 27.1. The number of ether oxygens (including phenoxy) is 1. The van der Waals surface area contributed by atoms with E-state index in [1.807, 2.05) is 4.57 Å². The first-order valence-electron chi connectivity index (χ1n) is 13.7. The van der Waals surface area contributed by atoms with Crippen molar-refractivity contribution in [1.29, 1.82) is 0 Å². The minimum Gasteiger partial charge on any atom is -0.350 e. The minimum absolute atomic E-state index is 0.186. The smallest absolute Gasteiger partial charge is 0.296 e. The summed E-state index contributed by atoms with van der Waals surface area (Å²) in [5.74, 6) is -0.253. The zero-order valence-corrected chi connectivity index (χ0v) is 22.8. The Labute approximate surface area is 227 Å². The SMILES string of the molecule is CC1CCN(S(=O)(=O)c2cn(Cc3ccc(F)cc3)c3cnc4c(c23)CCN(OC2CCCCO2)C4=O)CC1. The van der Waals surface area contributed by atoms with Crippen molar-refractivity contribution in [3.05, 3.63) is 59.3 Å². The number of pyridine rings is 1. The summed E-state index contributed by atoms with van der Waals surface area (Å²) in [4.78, 5) is 24.0. The van der Waals surface area contributed by atoms with Gasteiger partial charge in [-0.2, -0.15) is 4.31 Å². The van der Waals surface area contributed by atoms with Gasteiger partial charge in [-0.05, 0) is 61.3 Å². The van der Waals surface area contributed by atoms with Gasteiger partial charge in [0.1, 0.15) is 16.4 Å². The van der Waals surface area contributed by atoms with Crippen LogP contribution in [0.25, 0.3) is 10.9 Å². The Morgan fingerprint density at radius 2 is 1.87 bits per heavy atom. The second-order valence-electron chi connectivity index (χ2n) is 10.7. The molecule has 2 aromatic heterocycles. The fourth-order valence-electron chi connectivity index (χ4n) is 5.68. The molecule has 0 bridgehead atoms. The maximum Gasteiger partial charge on any atom is 0.296 e. The van der Waals surface area contributed by atoms with Crippen LogP contribution in [0.15, 0.2) is 41.6 Å². The van der Waals surface area contributed by atoms with Crippen molar-refractivity contribution in [3.63, 3.8) is 0 Å². The molecule has 1 amide bonds. The first-order chi connectivity index (χ1) is 18.8. The van der Waals surface area contributed by atoms with Crippen molar-refractivity contribution in [1.82, 2.24) is 18.9 Å². The molecular formula is C28H33FN4O5S. The van der Waals surface area contributed by atoms with E-state index in [0.29, 0.717) is 61.5 Å². The molecule has 1 unspecified atom stereocenters. The standard InChI is InChI=1S/C28H33FN4O5S/c1-19-9-12-32(13-10-19)39(35,36)24-18-31(17-20-5-7-21(29)8-6-20)23-16-30-27-22(26(23)24)11-14-33(28(27)34)38-25-4-2-3-15-37-25/h5-8,16,18-19,25H,2-4,9-15,17H2,1H3. The second-order valence-corrected chi connectivity index (χ2v) is 12.6. The number of sulfonamides is 1. The van der Waals surface area contributed by atoms with Crippen LogP contribution in [-0.2, 0) is 32.6 Å². The number of hydroxylamine groups is 2. The first kappa shape index (κ1) is 26.4. The number of carbonyl (C=O) groups excluding carboxylic acids is 1. The van der Waals surface area contributed by atoms with Crippen LogP contribution in [0.2, 0.25) is 0 Å². The fourth-order valence-corrected chi connectivity index (χ4v) is 7.40. The maximum absolute atomic E-state index is 14.0. The first-order valence-corrected chi connectivity index (χ1v) is 15.1. The molecule has 3 aromatic rings. The molecule has 9 nitrogen and oxygen atoms in total. The molecule has 2 saturated heterocycles. The van der Waals surface area contributed by atoms with Crippen LogP contribution >= 0.6 is 0 Å². The van der Waals surface area contributed by atoms with E-state index in [1.54, 1.807) is 28.8 Å². The highest BCUT2D eigenvalue weighted by atomic mass is 32.2. The fraction of sp³-hybridized carbons (Fsp3) is 0.500. The van der Waals surface area contributed by atoms with E-state index in [4.69, 9.17) is 9.57 Å². The Morgan fingerprint density at radius 1 is 1.10 bits per heavy atom. The van der Waals surface area contributed by atoms with Gasteiger partial charge < -0.3 is 9.30 Å². The number of carbonyl (C=O) groups is 1. The van der Waals surface area contributed by atoms with Gasteiger partial charge >= 0.3 is 0 Å². The number of hydrogen-bond donors (Lipinski definition) is 0. The number of aromatic nitrogens is 2. The normalized spacial score (nSPS) is 21.4. The van der Waals surface area contributed by atoms with Crippen molar-refractivity contribution in [3.8, 4) is 0 Å². The van der Waals surface area contributed by atoms with Crippen molar-refractivity contribution in [2.24, 2.45) is 5.92 Å². The molecule has 2 fully saturated rings. The molecule has 0 N–H and O–H groups in total. The second kappa shape index (κ2) is 10.6. The van der Waals surface area contributed by atoms with E-state index in [0.717, 1.165) is 31.2 Å². The zero-order valence-electron chi connectivity index (χ0n) is 22.0. The highest BCUT2D eigenvalue weighted by molar-refractivity contribution is 7.89. The average Bonchev–Trinajstić information content (AvgIpc) is 3.32. The Balaban J connectivity index is 1.41. The third-order valence-corrected chi connectivity index (χ3v) is 9.90. The molecule has 11 heteroatoms. The minimum atomic E-state index is -3.83. The van der Waals surface area contributed by atoms with Crippen LogP contribution in [0.5, 0.6) is 0 Å². The topological polar surface area (TPSA) is 94.0 Å². The molecule has 39 heavy (non-hydrogen) atoms. The van der Waals surface area contributed by atoms with Gasteiger partial charge in [0, 0.05) is 44.2 Å². The molecule has 0 saturated carbocycles. The lowest BCUT2D eigenvalue weighted by atomic mass is 10.0. The Hall–Kier alpha value is -2.86. The summed E-state index contributed by atoms with van der Waals surface area (Å²) in [5.41, 5.74) is 2.27. The summed E-state index contributed by atoms with van der Waals surface area (Å²) in [7, 11) is -3.83. The van der Waals surface area contributed by atoms with Crippen molar-refractivity contribution in [2.75, 3.05) is 26.2 Å². The number of amides is 1. The molecule has 3 aliphatic heterocycles. The third kappa shape index (κ3) is 5.08. The van der Waals surface area contributed by atoms with Crippen LogP contribution in [0, 0.1) is 11.7 Å². The summed E-state index contributed by atoms with van der Waals surface area (Å²) in [6, 6.07) is 6.13. The summed E-state index contributed by atoms with van der Waals surface area (Å²) in [5, 5.41) is 1.83. The number of halogens is 1. The van der Waals surface area contributed by atoms with Crippen molar-refractivity contribution >= 4 is 26.8 Å². The van der Waals surface area contributed by atoms with E-state index in [9.17, 15) is 17.6 Å². The van der Waals surface area contributed by atoms with Crippen LogP contribution in [0.3, 0.4) is 0 Å². The number of rotatable bonds is 6. The Kier molecular flexibility index (Phi) is 7.17. The largest absolute Gasteiger partial charge is 0.350 e. The molecule has 208 valence electrons. The van der Waals surface area contributed by atoms with Crippen LogP contribution in [-0.4, -0.2) is 65.8 Å². The number of piperidine rings is 1. The number of nitrogens with zero attached hydrogens (tertiary/aromatic N) is 4. The lowest BCUT2D eigenvalue weighted by Crippen LogP contribution is -2.42. The molecule has 1 atom stereocenters. The summed E-state index contributed by atoms with van der Waals surface area (Å²) >= 11 is 0. The Bertz CT molecular complexity index is 1480. The van der Waals surface area contributed by atoms with Crippen molar-refractivity contribution < 1.29 is 27.2 Å². The van der Waals surface area contributed by atoms with E-state index in [1.165, 1.54) is 17.2 Å². The lowest BCUT2D eigenvalue weighted by molar-refractivity contribution is -0.267. The molecule has 6 rings (SSSR count). The van der Waals surface area contributed by atoms with Crippen LogP contribution in [0.1, 0.15) is 60.6 Å². The lowest BCUT2D eigenvalue weighted by Gasteiger charge is -2.32. The Morgan fingerprint density at radius 3 is 2.59 bits per heavy atom. The number of fused-ring (bicyclic) bond motifs is 3. The van der Waals surface area contributed by atoms with Gasteiger partial charge in [-0.1, -0.05) is 19.1 Å². The number of hydrogen-bond acceptors (Lipinski definition) is 6. The van der Waals surface area contributed by atoms with Crippen LogP contribution < -0.4 is 0 Å². The predicted octanol–water partition coefficient (Wildman–Crippen LogP) is 4.10. The van der Waals surface area contributed by atoms with Gasteiger partial charge in [-0.25, -0.2) is 27.7 Å². The average molecular weight is 557 g/mol. The van der Waals surface area contributed by atoms with E-state index >= 15 is 0 Å². The van der Waals surface area contributed by atoms with E-state index in [-0.39, 0.29) is 23.0 Å². The molecule has 5 heterocycles. The molecule has 0 spiro atoms. The van der Waals surface area contributed by atoms with Gasteiger partial charge in [0.25, 0.3) is 5.91 Å². The summed E-state index contributed by atoms with van der Waals surface area (Å²) in [6.45, 7) is 4.27. The molecule has 0 aliphatic carbocycles. The predicted molar refractivity (Wildman–Crippen MR) is 142 cm³/mol. The highest BCUT2D eigenvalue weighted by Crippen LogP contribution is 2.36. The molecule has 1 aromatic carbocycles. The summed E-state index contributed by atoms with van der Waals surface area (Å²) < 4.78 is 50.6. The van der Waals surface area contributed by atoms with Gasteiger partial charge in [0.15, 0.2) is 6.29 Å². The van der Waals surface area contributed by atoms with Crippen molar-refractivity contribution in [2.45, 2.75) is 63.2 Å². The third-order valence-electron chi connectivity index (χ3n) is 7.99. The monoisotopic (exact) mass is 556 g/mol. The van der Waals surface area contributed by atoms with E-state index < -0.39 is 22.2 Å². The van der Waals surface area contributed by atoms with Gasteiger partial charge in [0.2, 0.25) is 10.0 Å². The van der Waals surface area contributed by atoms with Gasteiger partial charge in [0.05, 0.1) is 18.3 Å². The highest BCUT2D eigenvalue weighted by Gasteiger charge is 2.36. The molecule has 3 aliphatic rings. The summed E-state index contributed by atoms with van der Waals surface area (Å²) in [6.07, 6.45) is 7.41. The quantitative estimate of drug-likeness (QED) is 0.454.